The molecule has 0 amide bonds. The first-order valence-corrected chi connectivity index (χ1v) is 8.46. The predicted molar refractivity (Wildman–Crippen MR) is 81.1 cm³/mol. The number of thioether (sulfide) groups is 1. The molecule has 1 aromatic rings. The number of rotatable bonds is 4. The molecule has 2 aliphatic rings. The van der Waals surface area contributed by atoms with Crippen LogP contribution in [0.25, 0.3) is 0 Å². The van der Waals surface area contributed by atoms with E-state index in [4.69, 9.17) is 16.3 Å². The fourth-order valence-electron chi connectivity index (χ4n) is 2.87. The molecule has 0 saturated carbocycles. The Labute approximate surface area is 124 Å². The molecule has 0 aliphatic carbocycles. The summed E-state index contributed by atoms with van der Waals surface area (Å²) >= 11 is 8.06. The average Bonchev–Trinajstić information content (AvgIpc) is 2.92. The molecule has 0 spiro atoms. The number of fused-ring (bicyclic) bond motifs is 1. The number of hydrogen-bond acceptors (Lipinski definition) is 3. The van der Waals surface area contributed by atoms with Crippen molar-refractivity contribution < 1.29 is 4.74 Å². The van der Waals surface area contributed by atoms with Crippen LogP contribution < -0.4 is 5.32 Å². The minimum absolute atomic E-state index is 0.455. The number of hydrogen-bond donors (Lipinski definition) is 1. The first-order valence-electron chi connectivity index (χ1n) is 7.10. The van der Waals surface area contributed by atoms with E-state index in [9.17, 15) is 0 Å². The molecule has 2 nitrogen and oxygen atoms in total. The molecule has 3 rings (SSSR count). The van der Waals surface area contributed by atoms with Gasteiger partial charge in [0.25, 0.3) is 0 Å². The third kappa shape index (κ3) is 3.46. The van der Waals surface area contributed by atoms with Gasteiger partial charge in [0.1, 0.15) is 0 Å². The van der Waals surface area contributed by atoms with Crippen molar-refractivity contribution >= 4 is 23.4 Å². The van der Waals surface area contributed by atoms with Crippen molar-refractivity contribution in [2.24, 2.45) is 0 Å². The largest absolute Gasteiger partial charge is 0.378 e. The maximum absolute atomic E-state index is 6.12. The summed E-state index contributed by atoms with van der Waals surface area (Å²) in [6.45, 7) is 1.98. The molecule has 0 bridgehead atoms. The zero-order valence-electron chi connectivity index (χ0n) is 11.0. The Balaban J connectivity index is 1.58. The van der Waals surface area contributed by atoms with Crippen molar-refractivity contribution in [1.29, 1.82) is 0 Å². The average molecular weight is 298 g/mol. The van der Waals surface area contributed by atoms with Crippen LogP contribution in [0.15, 0.2) is 23.1 Å². The second-order valence-electron chi connectivity index (χ2n) is 5.25. The summed E-state index contributed by atoms with van der Waals surface area (Å²) < 4.78 is 5.67. The Morgan fingerprint density at radius 1 is 1.37 bits per heavy atom. The number of nitrogens with one attached hydrogen (secondary N) is 1. The summed E-state index contributed by atoms with van der Waals surface area (Å²) in [6, 6.07) is 6.71. The van der Waals surface area contributed by atoms with E-state index < -0.39 is 0 Å². The Morgan fingerprint density at radius 2 is 2.32 bits per heavy atom. The standard InChI is InChI=1S/C15H20ClNOS/c16-11-3-4-15-13(10-11)14(6-9-19-15)17-7-5-12-2-1-8-18-12/h3-4,10,12,14,17H,1-2,5-9H2. The Morgan fingerprint density at radius 3 is 3.16 bits per heavy atom. The highest BCUT2D eigenvalue weighted by Gasteiger charge is 2.21. The fourth-order valence-corrected chi connectivity index (χ4v) is 4.15. The summed E-state index contributed by atoms with van der Waals surface area (Å²) in [7, 11) is 0. The van der Waals surface area contributed by atoms with Crippen LogP contribution in [-0.2, 0) is 4.74 Å². The lowest BCUT2D eigenvalue weighted by Crippen LogP contribution is -2.27. The minimum atomic E-state index is 0.455. The van der Waals surface area contributed by atoms with Crippen LogP contribution in [0.1, 0.15) is 37.3 Å². The van der Waals surface area contributed by atoms with Gasteiger partial charge in [-0.3, -0.25) is 0 Å². The van der Waals surface area contributed by atoms with Crippen LogP contribution in [0.2, 0.25) is 5.02 Å². The smallest absolute Gasteiger partial charge is 0.0588 e. The van der Waals surface area contributed by atoms with E-state index in [1.54, 1.807) is 0 Å². The van der Waals surface area contributed by atoms with Crippen molar-refractivity contribution in [2.75, 3.05) is 18.9 Å². The molecule has 2 aliphatic heterocycles. The van der Waals surface area contributed by atoms with Crippen LogP contribution in [0.5, 0.6) is 0 Å². The minimum Gasteiger partial charge on any atom is -0.378 e. The monoisotopic (exact) mass is 297 g/mol. The molecule has 4 heteroatoms. The van der Waals surface area contributed by atoms with E-state index in [-0.39, 0.29) is 0 Å². The molecular formula is C15H20ClNOS. The molecule has 1 saturated heterocycles. The van der Waals surface area contributed by atoms with Gasteiger partial charge in [0, 0.05) is 22.6 Å². The van der Waals surface area contributed by atoms with Gasteiger partial charge in [0.2, 0.25) is 0 Å². The molecule has 104 valence electrons. The van der Waals surface area contributed by atoms with Crippen LogP contribution in [0, 0.1) is 0 Å². The number of halogens is 1. The van der Waals surface area contributed by atoms with E-state index in [1.165, 1.54) is 35.5 Å². The maximum atomic E-state index is 6.12. The lowest BCUT2D eigenvalue weighted by Gasteiger charge is -2.26. The lowest BCUT2D eigenvalue weighted by molar-refractivity contribution is 0.103. The third-order valence-electron chi connectivity index (χ3n) is 3.89. The van der Waals surface area contributed by atoms with Gasteiger partial charge in [-0.15, -0.1) is 11.8 Å². The van der Waals surface area contributed by atoms with E-state index in [0.717, 1.165) is 24.6 Å². The second-order valence-corrected chi connectivity index (χ2v) is 6.82. The molecule has 2 atom stereocenters. The van der Waals surface area contributed by atoms with Crippen molar-refractivity contribution in [3.63, 3.8) is 0 Å². The quantitative estimate of drug-likeness (QED) is 0.906. The van der Waals surface area contributed by atoms with E-state index >= 15 is 0 Å². The highest BCUT2D eigenvalue weighted by Crippen LogP contribution is 2.37. The summed E-state index contributed by atoms with van der Waals surface area (Å²) in [4.78, 5) is 1.38. The van der Waals surface area contributed by atoms with Gasteiger partial charge in [-0.05, 0) is 61.7 Å². The van der Waals surface area contributed by atoms with Gasteiger partial charge >= 0.3 is 0 Å². The highest BCUT2D eigenvalue weighted by atomic mass is 35.5. The van der Waals surface area contributed by atoms with Crippen LogP contribution in [0.3, 0.4) is 0 Å². The van der Waals surface area contributed by atoms with Crippen molar-refractivity contribution in [1.82, 2.24) is 5.32 Å². The molecule has 2 heterocycles. The Bertz CT molecular complexity index is 434. The van der Waals surface area contributed by atoms with Crippen LogP contribution >= 0.6 is 23.4 Å². The zero-order valence-corrected chi connectivity index (χ0v) is 12.6. The van der Waals surface area contributed by atoms with Crippen LogP contribution in [0.4, 0.5) is 0 Å². The van der Waals surface area contributed by atoms with Gasteiger partial charge in [0.15, 0.2) is 0 Å². The van der Waals surface area contributed by atoms with Gasteiger partial charge in [-0.2, -0.15) is 0 Å². The molecule has 0 radical (unpaired) electrons. The van der Waals surface area contributed by atoms with Crippen molar-refractivity contribution in [2.45, 2.75) is 42.7 Å². The summed E-state index contributed by atoms with van der Waals surface area (Å²) in [6.07, 6.45) is 5.24. The van der Waals surface area contributed by atoms with Crippen molar-refractivity contribution in [3.05, 3.63) is 28.8 Å². The molecule has 2 unspecified atom stereocenters. The van der Waals surface area contributed by atoms with E-state index in [0.29, 0.717) is 12.1 Å². The van der Waals surface area contributed by atoms with Crippen molar-refractivity contribution in [3.8, 4) is 0 Å². The first kappa shape index (κ1) is 13.7. The predicted octanol–water partition coefficient (Wildman–Crippen LogP) is 4.04. The fraction of sp³-hybridized carbons (Fsp3) is 0.600. The Kier molecular flexibility index (Phi) is 4.69. The summed E-state index contributed by atoms with van der Waals surface area (Å²) in [5.41, 5.74) is 1.37. The molecule has 1 N–H and O–H groups in total. The molecule has 0 aromatic heterocycles. The highest BCUT2D eigenvalue weighted by molar-refractivity contribution is 7.99. The van der Waals surface area contributed by atoms with Gasteiger partial charge in [0.05, 0.1) is 6.10 Å². The first-order chi connectivity index (χ1) is 9.33. The molecule has 1 fully saturated rings. The number of ether oxygens (including phenoxy) is 1. The van der Waals surface area contributed by atoms with Gasteiger partial charge in [-0.1, -0.05) is 11.6 Å². The lowest BCUT2D eigenvalue weighted by atomic mass is 10.0. The third-order valence-corrected chi connectivity index (χ3v) is 5.25. The molecular weight excluding hydrogens is 278 g/mol. The SMILES string of the molecule is Clc1ccc2c(c1)C(NCCC1CCCO1)CCS2. The van der Waals surface area contributed by atoms with Gasteiger partial charge < -0.3 is 10.1 Å². The second kappa shape index (κ2) is 6.49. The zero-order chi connectivity index (χ0) is 13.1. The van der Waals surface area contributed by atoms with E-state index in [2.05, 4.69) is 17.4 Å². The molecule has 19 heavy (non-hydrogen) atoms. The molecule has 1 aromatic carbocycles. The number of benzene rings is 1. The van der Waals surface area contributed by atoms with E-state index in [1.807, 2.05) is 17.8 Å². The van der Waals surface area contributed by atoms with Crippen LogP contribution in [-0.4, -0.2) is 25.0 Å². The normalized spacial score (nSPS) is 26.4. The Hall–Kier alpha value is -0.220. The topological polar surface area (TPSA) is 21.3 Å². The summed E-state index contributed by atoms with van der Waals surface area (Å²) in [5.74, 6) is 1.19. The van der Waals surface area contributed by atoms with Gasteiger partial charge in [-0.25, -0.2) is 0 Å². The maximum Gasteiger partial charge on any atom is 0.0588 e. The summed E-state index contributed by atoms with van der Waals surface area (Å²) in [5, 5.41) is 4.52.